The lowest BCUT2D eigenvalue weighted by molar-refractivity contribution is -0.122. The summed E-state index contributed by atoms with van der Waals surface area (Å²) in [5.74, 6) is -1.05. The lowest BCUT2D eigenvalue weighted by atomic mass is 9.92. The van der Waals surface area contributed by atoms with Crippen LogP contribution in [0.3, 0.4) is 0 Å². The van der Waals surface area contributed by atoms with Crippen molar-refractivity contribution in [2.24, 2.45) is 5.92 Å². The Hall–Kier alpha value is -3.34. The number of Topliss-reactive ketones (excluding diaryl/α,β-unsaturated/α-hetero) is 1. The van der Waals surface area contributed by atoms with E-state index in [0.717, 1.165) is 16.5 Å². The number of carbonyl (C=O) groups is 3. The number of benzene rings is 2. The molecule has 1 atom stereocenters. The average molecular weight is 372 g/mol. The van der Waals surface area contributed by atoms with Crippen LogP contribution in [-0.2, 0) is 16.0 Å². The fourth-order valence-electron chi connectivity index (χ4n) is 3.99. The van der Waals surface area contributed by atoms with E-state index in [9.17, 15) is 14.4 Å². The number of aromatic nitrogens is 1. The van der Waals surface area contributed by atoms with Crippen molar-refractivity contribution >= 4 is 34.2 Å². The first-order chi connectivity index (χ1) is 13.5. The summed E-state index contributed by atoms with van der Waals surface area (Å²) in [6.07, 6.45) is 0.396. The van der Waals surface area contributed by atoms with Gasteiger partial charge in [0, 0.05) is 23.8 Å². The first-order valence-electron chi connectivity index (χ1n) is 9.28. The van der Waals surface area contributed by atoms with Crippen LogP contribution in [0.5, 0.6) is 0 Å². The highest BCUT2D eigenvalue weighted by Crippen LogP contribution is 2.31. The number of hydrogen-bond donors (Lipinski definition) is 0. The zero-order valence-corrected chi connectivity index (χ0v) is 15.8. The lowest BCUT2D eigenvalue weighted by Gasteiger charge is -2.16. The van der Waals surface area contributed by atoms with Crippen molar-refractivity contribution in [1.29, 1.82) is 0 Å². The van der Waals surface area contributed by atoms with E-state index >= 15 is 0 Å². The summed E-state index contributed by atoms with van der Waals surface area (Å²) in [4.78, 5) is 43.7. The minimum absolute atomic E-state index is 0.0811. The van der Waals surface area contributed by atoms with Gasteiger partial charge in [0.15, 0.2) is 5.78 Å². The van der Waals surface area contributed by atoms with Gasteiger partial charge in [-0.15, -0.1) is 0 Å². The monoisotopic (exact) mass is 372 g/mol. The highest BCUT2D eigenvalue weighted by atomic mass is 16.2. The molecule has 1 unspecified atom stereocenters. The maximum atomic E-state index is 12.9. The summed E-state index contributed by atoms with van der Waals surface area (Å²) in [5.41, 5.74) is 3.37. The Kier molecular flexibility index (Phi) is 4.51. The second-order valence-corrected chi connectivity index (χ2v) is 7.14. The number of anilines is 1. The van der Waals surface area contributed by atoms with Gasteiger partial charge in [-0.05, 0) is 37.6 Å². The van der Waals surface area contributed by atoms with Crippen LogP contribution in [0.15, 0.2) is 54.6 Å². The van der Waals surface area contributed by atoms with Crippen molar-refractivity contribution in [3.8, 4) is 0 Å². The smallest absolute Gasteiger partial charge is 0.237 e. The number of amides is 2. The van der Waals surface area contributed by atoms with Gasteiger partial charge in [-0.25, -0.2) is 0 Å². The Morgan fingerprint density at radius 1 is 1.07 bits per heavy atom. The van der Waals surface area contributed by atoms with Crippen LogP contribution < -0.4 is 4.90 Å². The minimum Gasteiger partial charge on any atom is -0.294 e. The van der Waals surface area contributed by atoms with Crippen molar-refractivity contribution < 1.29 is 14.4 Å². The van der Waals surface area contributed by atoms with Gasteiger partial charge in [-0.3, -0.25) is 24.3 Å². The fourth-order valence-corrected chi connectivity index (χ4v) is 3.99. The maximum Gasteiger partial charge on any atom is 0.237 e. The van der Waals surface area contributed by atoms with Crippen LogP contribution in [0.4, 0.5) is 5.69 Å². The molecule has 4 rings (SSSR count). The van der Waals surface area contributed by atoms with Gasteiger partial charge in [0.2, 0.25) is 11.8 Å². The molecule has 0 aliphatic carbocycles. The second-order valence-electron chi connectivity index (χ2n) is 7.14. The fraction of sp³-hybridized carbons (Fsp3) is 0.217. The van der Waals surface area contributed by atoms with E-state index in [-0.39, 0.29) is 30.4 Å². The summed E-state index contributed by atoms with van der Waals surface area (Å²) >= 11 is 0. The number of rotatable bonds is 4. The molecule has 1 aliphatic rings. The zero-order valence-electron chi connectivity index (χ0n) is 15.8. The van der Waals surface area contributed by atoms with Crippen molar-refractivity contribution in [2.45, 2.75) is 26.7 Å². The molecule has 1 saturated heterocycles. The van der Waals surface area contributed by atoms with Crippen LogP contribution in [0.2, 0.25) is 0 Å². The molecule has 2 amide bonds. The molecule has 28 heavy (non-hydrogen) atoms. The topological polar surface area (TPSA) is 67.3 Å². The van der Waals surface area contributed by atoms with Gasteiger partial charge in [0.1, 0.15) is 0 Å². The number of imide groups is 1. The quantitative estimate of drug-likeness (QED) is 0.515. The van der Waals surface area contributed by atoms with E-state index in [2.05, 4.69) is 4.98 Å². The van der Waals surface area contributed by atoms with Crippen molar-refractivity contribution in [2.75, 3.05) is 4.90 Å². The van der Waals surface area contributed by atoms with Crippen LogP contribution in [0, 0.1) is 12.8 Å². The van der Waals surface area contributed by atoms with Gasteiger partial charge in [0.05, 0.1) is 22.8 Å². The number of nitrogens with zero attached hydrogens (tertiary/aromatic N) is 2. The number of hydrogen-bond acceptors (Lipinski definition) is 4. The Labute approximate surface area is 163 Å². The van der Waals surface area contributed by atoms with E-state index in [1.54, 1.807) is 24.3 Å². The van der Waals surface area contributed by atoms with Crippen molar-refractivity contribution in [3.05, 3.63) is 71.4 Å². The predicted molar refractivity (Wildman–Crippen MR) is 107 cm³/mol. The molecule has 3 aromatic rings. The SMILES string of the molecule is CC(=O)c1c(CC2CC(=O)N(c3ccccc3)C2=O)nc2ccccc2c1C. The molecule has 1 aliphatic heterocycles. The summed E-state index contributed by atoms with van der Waals surface area (Å²) in [7, 11) is 0. The van der Waals surface area contributed by atoms with Crippen LogP contribution in [0.25, 0.3) is 10.9 Å². The van der Waals surface area contributed by atoms with Gasteiger partial charge < -0.3 is 0 Å². The van der Waals surface area contributed by atoms with Gasteiger partial charge >= 0.3 is 0 Å². The average Bonchev–Trinajstić information content (AvgIpc) is 2.95. The summed E-state index contributed by atoms with van der Waals surface area (Å²) in [5, 5.41) is 0.927. The molecule has 2 aromatic carbocycles. The normalized spacial score (nSPS) is 16.8. The lowest BCUT2D eigenvalue weighted by Crippen LogP contribution is -2.31. The van der Waals surface area contributed by atoms with Crippen LogP contribution in [0.1, 0.15) is 35.0 Å². The number of aryl methyl sites for hydroxylation is 1. The molecule has 0 saturated carbocycles. The Morgan fingerprint density at radius 2 is 1.75 bits per heavy atom. The van der Waals surface area contributed by atoms with Crippen molar-refractivity contribution in [3.63, 3.8) is 0 Å². The number of ketones is 1. The minimum atomic E-state index is -0.515. The first-order valence-corrected chi connectivity index (χ1v) is 9.28. The molecule has 2 heterocycles. The van der Waals surface area contributed by atoms with E-state index in [4.69, 9.17) is 0 Å². The van der Waals surface area contributed by atoms with Crippen LogP contribution >= 0.6 is 0 Å². The predicted octanol–water partition coefficient (Wildman–Crippen LogP) is 3.87. The molecule has 140 valence electrons. The summed E-state index contributed by atoms with van der Waals surface area (Å²) < 4.78 is 0. The number of para-hydroxylation sites is 2. The van der Waals surface area contributed by atoms with Gasteiger partial charge in [-0.1, -0.05) is 36.4 Å². The molecule has 5 heteroatoms. The van der Waals surface area contributed by atoms with E-state index in [1.807, 2.05) is 37.3 Å². The highest BCUT2D eigenvalue weighted by Gasteiger charge is 2.40. The van der Waals surface area contributed by atoms with Crippen molar-refractivity contribution in [1.82, 2.24) is 4.98 Å². The third-order valence-electron chi connectivity index (χ3n) is 5.27. The molecule has 5 nitrogen and oxygen atoms in total. The Bertz CT molecular complexity index is 1110. The first kappa shape index (κ1) is 18.0. The number of pyridine rings is 1. The second kappa shape index (κ2) is 7.00. The number of carbonyl (C=O) groups excluding carboxylic acids is 3. The van der Waals surface area contributed by atoms with E-state index in [1.165, 1.54) is 11.8 Å². The molecule has 0 N–H and O–H groups in total. The molecule has 1 aromatic heterocycles. The summed E-state index contributed by atoms with van der Waals surface area (Å²) in [6, 6.07) is 16.6. The van der Waals surface area contributed by atoms with Crippen LogP contribution in [-0.4, -0.2) is 22.6 Å². The van der Waals surface area contributed by atoms with Gasteiger partial charge in [0.25, 0.3) is 0 Å². The zero-order chi connectivity index (χ0) is 19.8. The third-order valence-corrected chi connectivity index (χ3v) is 5.27. The Balaban J connectivity index is 1.72. The molecule has 1 fully saturated rings. The summed E-state index contributed by atoms with van der Waals surface area (Å²) in [6.45, 7) is 3.42. The molecular formula is C23H20N2O3. The van der Waals surface area contributed by atoms with Gasteiger partial charge in [-0.2, -0.15) is 0 Å². The third kappa shape index (κ3) is 2.99. The molecular weight excluding hydrogens is 352 g/mol. The maximum absolute atomic E-state index is 12.9. The standard InChI is InChI=1S/C23H20N2O3/c1-14-18-10-6-7-11-19(18)24-20(22(14)15(2)26)12-16-13-21(27)25(23(16)28)17-8-4-3-5-9-17/h3-11,16H,12-13H2,1-2H3. The largest absolute Gasteiger partial charge is 0.294 e. The number of fused-ring (bicyclic) bond motifs is 1. The Morgan fingerprint density at radius 3 is 2.46 bits per heavy atom. The van der Waals surface area contributed by atoms with E-state index < -0.39 is 5.92 Å². The molecule has 0 spiro atoms. The molecule has 0 bridgehead atoms. The molecule has 0 radical (unpaired) electrons. The van der Waals surface area contributed by atoms with E-state index in [0.29, 0.717) is 16.9 Å². The highest BCUT2D eigenvalue weighted by molar-refractivity contribution is 6.21.